The van der Waals surface area contributed by atoms with E-state index in [-0.39, 0.29) is 11.8 Å². The van der Waals surface area contributed by atoms with Crippen molar-refractivity contribution in [3.8, 4) is 0 Å². The van der Waals surface area contributed by atoms with Crippen LogP contribution in [0.25, 0.3) is 0 Å². The molecule has 1 fully saturated rings. The molecular weight excluding hydrogens is 338 g/mol. The van der Waals surface area contributed by atoms with Crippen molar-refractivity contribution in [2.24, 2.45) is 5.73 Å². The third-order valence-electron chi connectivity index (χ3n) is 4.25. The first-order valence-electron chi connectivity index (χ1n) is 8.07. The Kier molecular flexibility index (Phi) is 5.14. The van der Waals surface area contributed by atoms with Crippen molar-refractivity contribution in [3.63, 3.8) is 0 Å². The smallest absolute Gasteiger partial charge is 0.254 e. The van der Waals surface area contributed by atoms with Gasteiger partial charge in [-0.3, -0.25) is 14.4 Å². The molecule has 2 aromatic rings. The number of nitrogens with zero attached hydrogens (tertiary/aromatic N) is 2. The molecule has 25 heavy (non-hydrogen) atoms. The summed E-state index contributed by atoms with van der Waals surface area (Å²) < 4.78 is 0. The van der Waals surface area contributed by atoms with Crippen LogP contribution in [-0.4, -0.2) is 53.7 Å². The molecule has 1 saturated heterocycles. The minimum atomic E-state index is -0.517. The van der Waals surface area contributed by atoms with E-state index in [1.807, 2.05) is 16.8 Å². The van der Waals surface area contributed by atoms with E-state index in [9.17, 15) is 14.4 Å². The van der Waals surface area contributed by atoms with E-state index in [1.165, 1.54) is 11.3 Å². The summed E-state index contributed by atoms with van der Waals surface area (Å²) in [6.07, 6.45) is 0.737. The number of rotatable bonds is 3. The maximum Gasteiger partial charge on any atom is 0.254 e. The van der Waals surface area contributed by atoms with Crippen molar-refractivity contribution < 1.29 is 14.4 Å². The molecule has 0 spiro atoms. The molecule has 0 radical (unpaired) electrons. The van der Waals surface area contributed by atoms with Crippen LogP contribution in [0, 0.1) is 0 Å². The van der Waals surface area contributed by atoms with Gasteiger partial charge in [-0.25, -0.2) is 0 Å². The second-order valence-corrected chi connectivity index (χ2v) is 6.67. The Morgan fingerprint density at radius 2 is 1.36 bits per heavy atom. The number of carbonyl (C=O) groups excluding carboxylic acids is 3. The summed E-state index contributed by atoms with van der Waals surface area (Å²) in [5.74, 6) is -0.599. The average Bonchev–Trinajstić information content (AvgIpc) is 3.05. The number of hydrogen-bond acceptors (Lipinski definition) is 4. The number of benzene rings is 1. The zero-order valence-electron chi connectivity index (χ0n) is 13.7. The molecule has 1 aromatic heterocycles. The van der Waals surface area contributed by atoms with E-state index in [2.05, 4.69) is 0 Å². The van der Waals surface area contributed by atoms with Gasteiger partial charge < -0.3 is 15.5 Å². The predicted molar refractivity (Wildman–Crippen MR) is 95.7 cm³/mol. The Morgan fingerprint density at radius 1 is 0.800 bits per heavy atom. The molecule has 0 saturated carbocycles. The van der Waals surface area contributed by atoms with Gasteiger partial charge in [0.25, 0.3) is 11.8 Å². The first kappa shape index (κ1) is 17.2. The van der Waals surface area contributed by atoms with Gasteiger partial charge in [0.2, 0.25) is 5.91 Å². The molecule has 1 aliphatic rings. The maximum absolute atomic E-state index is 12.6. The Hall–Kier alpha value is -2.67. The molecule has 2 heterocycles. The SMILES string of the molecule is NC(=O)c1ccc(C(=O)N2CCCN(C(=O)c3ccsc3)CC2)cc1. The number of hydrogen-bond donors (Lipinski definition) is 1. The quantitative estimate of drug-likeness (QED) is 0.910. The first-order valence-corrected chi connectivity index (χ1v) is 9.01. The second kappa shape index (κ2) is 7.48. The average molecular weight is 357 g/mol. The summed E-state index contributed by atoms with van der Waals surface area (Å²) in [4.78, 5) is 39.8. The van der Waals surface area contributed by atoms with Gasteiger partial charge in [0.05, 0.1) is 5.56 Å². The lowest BCUT2D eigenvalue weighted by Gasteiger charge is -2.22. The normalized spacial score (nSPS) is 14.9. The number of primary amides is 1. The maximum atomic E-state index is 12.6. The second-order valence-electron chi connectivity index (χ2n) is 5.89. The summed E-state index contributed by atoms with van der Waals surface area (Å²) in [6.45, 7) is 2.25. The van der Waals surface area contributed by atoms with E-state index in [0.717, 1.165) is 6.42 Å². The van der Waals surface area contributed by atoms with E-state index in [0.29, 0.717) is 42.9 Å². The summed E-state index contributed by atoms with van der Waals surface area (Å²) in [5.41, 5.74) is 6.81. The van der Waals surface area contributed by atoms with Crippen LogP contribution >= 0.6 is 11.3 Å². The molecule has 1 aliphatic heterocycles. The van der Waals surface area contributed by atoms with Crippen LogP contribution in [0.1, 0.15) is 37.5 Å². The van der Waals surface area contributed by atoms with E-state index in [4.69, 9.17) is 5.73 Å². The number of carbonyl (C=O) groups is 3. The molecule has 7 heteroatoms. The van der Waals surface area contributed by atoms with E-state index < -0.39 is 5.91 Å². The van der Waals surface area contributed by atoms with Crippen LogP contribution in [0.4, 0.5) is 0 Å². The van der Waals surface area contributed by atoms with Gasteiger partial charge in [-0.05, 0) is 42.1 Å². The number of amides is 3. The minimum Gasteiger partial charge on any atom is -0.366 e. The van der Waals surface area contributed by atoms with Crippen LogP contribution in [0.2, 0.25) is 0 Å². The van der Waals surface area contributed by atoms with Gasteiger partial charge in [0, 0.05) is 42.7 Å². The fourth-order valence-electron chi connectivity index (χ4n) is 2.85. The van der Waals surface area contributed by atoms with E-state index >= 15 is 0 Å². The van der Waals surface area contributed by atoms with Crippen molar-refractivity contribution in [2.75, 3.05) is 26.2 Å². The lowest BCUT2D eigenvalue weighted by Crippen LogP contribution is -2.37. The van der Waals surface area contributed by atoms with Gasteiger partial charge >= 0.3 is 0 Å². The fraction of sp³-hybridized carbons (Fsp3) is 0.278. The molecule has 0 atom stereocenters. The van der Waals surface area contributed by atoms with Crippen molar-refractivity contribution in [1.29, 1.82) is 0 Å². The standard InChI is InChI=1S/C18H19N3O3S/c19-16(22)13-2-4-14(5-3-13)17(23)20-7-1-8-21(10-9-20)18(24)15-6-11-25-12-15/h2-6,11-12H,1,7-10H2,(H2,19,22). The highest BCUT2D eigenvalue weighted by Crippen LogP contribution is 2.14. The van der Waals surface area contributed by atoms with Gasteiger partial charge in [0.15, 0.2) is 0 Å². The molecule has 3 rings (SSSR count). The lowest BCUT2D eigenvalue weighted by molar-refractivity contribution is 0.0719. The fourth-order valence-corrected chi connectivity index (χ4v) is 3.48. The Balaban J connectivity index is 1.65. The molecular formula is C18H19N3O3S. The Bertz CT molecular complexity index is 771. The zero-order valence-corrected chi connectivity index (χ0v) is 14.5. The van der Waals surface area contributed by atoms with Crippen LogP contribution in [0.3, 0.4) is 0 Å². The monoisotopic (exact) mass is 357 g/mol. The van der Waals surface area contributed by atoms with Crippen LogP contribution in [0.5, 0.6) is 0 Å². The first-order chi connectivity index (χ1) is 12.1. The lowest BCUT2D eigenvalue weighted by atomic mass is 10.1. The van der Waals surface area contributed by atoms with Gasteiger partial charge in [0.1, 0.15) is 0 Å². The third-order valence-corrected chi connectivity index (χ3v) is 4.94. The Labute approximate surface area is 149 Å². The van der Waals surface area contributed by atoms with Gasteiger partial charge in [-0.15, -0.1) is 0 Å². The van der Waals surface area contributed by atoms with Crippen molar-refractivity contribution in [3.05, 3.63) is 57.8 Å². The molecule has 0 unspecified atom stereocenters. The highest BCUT2D eigenvalue weighted by molar-refractivity contribution is 7.08. The van der Waals surface area contributed by atoms with E-state index in [1.54, 1.807) is 34.1 Å². The Morgan fingerprint density at radius 3 is 1.88 bits per heavy atom. The predicted octanol–water partition coefficient (Wildman–Crippen LogP) is 1.84. The van der Waals surface area contributed by atoms with Crippen molar-refractivity contribution in [1.82, 2.24) is 9.80 Å². The molecule has 0 bridgehead atoms. The van der Waals surface area contributed by atoms with Gasteiger partial charge in [-0.2, -0.15) is 11.3 Å². The minimum absolute atomic E-state index is 0.0151. The molecule has 0 aliphatic carbocycles. The summed E-state index contributed by atoms with van der Waals surface area (Å²) in [7, 11) is 0. The van der Waals surface area contributed by atoms with Crippen LogP contribution in [0.15, 0.2) is 41.1 Å². The highest BCUT2D eigenvalue weighted by Gasteiger charge is 2.23. The molecule has 3 amide bonds. The van der Waals surface area contributed by atoms with Gasteiger partial charge in [-0.1, -0.05) is 0 Å². The van der Waals surface area contributed by atoms with Crippen molar-refractivity contribution in [2.45, 2.75) is 6.42 Å². The highest BCUT2D eigenvalue weighted by atomic mass is 32.1. The van der Waals surface area contributed by atoms with Crippen LogP contribution in [-0.2, 0) is 0 Å². The summed E-state index contributed by atoms with van der Waals surface area (Å²) >= 11 is 1.50. The number of thiophene rings is 1. The topological polar surface area (TPSA) is 83.7 Å². The molecule has 1 aromatic carbocycles. The number of nitrogens with two attached hydrogens (primary N) is 1. The van der Waals surface area contributed by atoms with Crippen molar-refractivity contribution >= 4 is 29.1 Å². The third kappa shape index (κ3) is 3.88. The molecule has 130 valence electrons. The summed E-state index contributed by atoms with van der Waals surface area (Å²) in [5, 5.41) is 3.73. The zero-order chi connectivity index (χ0) is 17.8. The largest absolute Gasteiger partial charge is 0.366 e. The molecule has 6 nitrogen and oxygen atoms in total. The summed E-state index contributed by atoms with van der Waals surface area (Å²) in [6, 6.07) is 8.16. The molecule has 2 N–H and O–H groups in total. The van der Waals surface area contributed by atoms with Crippen LogP contribution < -0.4 is 5.73 Å².